The van der Waals surface area contributed by atoms with Gasteiger partial charge in [-0.2, -0.15) is 0 Å². The Hall–Kier alpha value is -1.81. The number of hydrogen-bond donors (Lipinski definition) is 1. The number of nitrogens with one attached hydrogen (secondary N) is 1. The van der Waals surface area contributed by atoms with Crippen LogP contribution in [-0.4, -0.2) is 11.5 Å². The molecule has 1 aromatic heterocycles. The molecule has 0 saturated heterocycles. The number of hydrogen-bond acceptors (Lipinski definition) is 2. The smallest absolute Gasteiger partial charge is 0.152 e. The second kappa shape index (κ2) is 4.70. The number of rotatable bonds is 1. The summed E-state index contributed by atoms with van der Waals surface area (Å²) in [6.07, 6.45) is 1.98. The zero-order valence-corrected chi connectivity index (χ0v) is 10.6. The molecule has 2 heterocycles. The summed E-state index contributed by atoms with van der Waals surface area (Å²) in [6, 6.07) is 4.72. The van der Waals surface area contributed by atoms with Crippen LogP contribution in [0.4, 0.5) is 8.78 Å². The highest BCUT2D eigenvalue weighted by molar-refractivity contribution is 5.67. The van der Waals surface area contributed by atoms with Crippen molar-refractivity contribution in [2.75, 3.05) is 6.54 Å². The van der Waals surface area contributed by atoms with Gasteiger partial charge in [-0.05, 0) is 36.6 Å². The van der Waals surface area contributed by atoms with Crippen molar-refractivity contribution < 1.29 is 8.78 Å². The van der Waals surface area contributed by atoms with Gasteiger partial charge in [0.25, 0.3) is 0 Å². The summed E-state index contributed by atoms with van der Waals surface area (Å²) in [5.41, 5.74) is 4.51. The molecule has 0 spiro atoms. The lowest BCUT2D eigenvalue weighted by atomic mass is 9.90. The molecule has 2 aromatic rings. The van der Waals surface area contributed by atoms with E-state index in [1.54, 1.807) is 0 Å². The van der Waals surface area contributed by atoms with Gasteiger partial charge in [0.1, 0.15) is 11.5 Å². The van der Waals surface area contributed by atoms with Crippen LogP contribution in [-0.2, 0) is 13.0 Å². The first-order valence-corrected chi connectivity index (χ1v) is 6.30. The zero-order chi connectivity index (χ0) is 13.4. The van der Waals surface area contributed by atoms with Gasteiger partial charge in [0.15, 0.2) is 5.82 Å². The van der Waals surface area contributed by atoms with E-state index in [4.69, 9.17) is 0 Å². The van der Waals surface area contributed by atoms with E-state index in [0.717, 1.165) is 36.4 Å². The number of nitrogens with zero attached hydrogens (tertiary/aromatic N) is 1. The first-order valence-electron chi connectivity index (χ1n) is 6.30. The molecule has 1 aliphatic rings. The van der Waals surface area contributed by atoms with Gasteiger partial charge in [0.2, 0.25) is 0 Å². The monoisotopic (exact) mass is 260 g/mol. The van der Waals surface area contributed by atoms with Gasteiger partial charge >= 0.3 is 0 Å². The maximum atomic E-state index is 13.9. The standard InChI is InChI=1S/C15H14F2N2/c1-9-2-3-12(13-8-18-5-4-11(9)13)15-14(17)6-10(16)7-19-15/h2-3,6-7,18H,4-5,8H2,1H3. The van der Waals surface area contributed by atoms with E-state index in [1.807, 2.05) is 12.1 Å². The maximum absolute atomic E-state index is 13.9. The van der Waals surface area contributed by atoms with Gasteiger partial charge in [-0.1, -0.05) is 12.1 Å². The molecule has 0 atom stereocenters. The fraction of sp³-hybridized carbons (Fsp3) is 0.267. The van der Waals surface area contributed by atoms with Crippen molar-refractivity contribution in [3.8, 4) is 11.3 Å². The van der Waals surface area contributed by atoms with Crippen molar-refractivity contribution in [1.29, 1.82) is 0 Å². The summed E-state index contributed by atoms with van der Waals surface area (Å²) >= 11 is 0. The molecule has 0 radical (unpaired) electrons. The van der Waals surface area contributed by atoms with E-state index in [-0.39, 0.29) is 5.69 Å². The van der Waals surface area contributed by atoms with Crippen LogP contribution in [0.15, 0.2) is 24.4 Å². The van der Waals surface area contributed by atoms with Crippen molar-refractivity contribution in [2.45, 2.75) is 19.9 Å². The molecule has 2 nitrogen and oxygen atoms in total. The minimum Gasteiger partial charge on any atom is -0.312 e. The van der Waals surface area contributed by atoms with Gasteiger partial charge in [-0.15, -0.1) is 0 Å². The van der Waals surface area contributed by atoms with E-state index in [0.29, 0.717) is 6.54 Å². The molecule has 19 heavy (non-hydrogen) atoms. The summed E-state index contributed by atoms with van der Waals surface area (Å²) in [5.74, 6) is -1.27. The second-order valence-corrected chi connectivity index (χ2v) is 4.80. The van der Waals surface area contributed by atoms with E-state index in [9.17, 15) is 8.78 Å². The largest absolute Gasteiger partial charge is 0.312 e. The fourth-order valence-electron chi connectivity index (χ4n) is 2.62. The van der Waals surface area contributed by atoms with Gasteiger partial charge in [0, 0.05) is 18.2 Å². The van der Waals surface area contributed by atoms with Crippen LogP contribution < -0.4 is 5.32 Å². The van der Waals surface area contributed by atoms with Crippen LogP contribution in [0.1, 0.15) is 16.7 Å². The molecular formula is C15H14F2N2. The van der Waals surface area contributed by atoms with Crippen LogP contribution in [0.2, 0.25) is 0 Å². The molecule has 3 rings (SSSR count). The topological polar surface area (TPSA) is 24.9 Å². The van der Waals surface area contributed by atoms with Crippen molar-refractivity contribution >= 4 is 0 Å². The Kier molecular flexibility index (Phi) is 3.03. The van der Waals surface area contributed by atoms with Crippen LogP contribution in [0.3, 0.4) is 0 Å². The molecule has 1 N–H and O–H groups in total. The lowest BCUT2D eigenvalue weighted by Crippen LogP contribution is -2.25. The van der Waals surface area contributed by atoms with Crippen LogP contribution >= 0.6 is 0 Å². The number of aromatic nitrogens is 1. The number of benzene rings is 1. The average molecular weight is 260 g/mol. The number of pyridine rings is 1. The lowest BCUT2D eigenvalue weighted by molar-refractivity contribution is 0.575. The van der Waals surface area contributed by atoms with Gasteiger partial charge in [0.05, 0.1) is 6.20 Å². The summed E-state index contributed by atoms with van der Waals surface area (Å²) < 4.78 is 26.8. The number of fused-ring (bicyclic) bond motifs is 1. The Balaban J connectivity index is 2.20. The van der Waals surface area contributed by atoms with Crippen molar-refractivity contribution in [1.82, 2.24) is 10.3 Å². The SMILES string of the molecule is Cc1ccc(-c2ncc(F)cc2F)c2c1CCNC2. The number of aryl methyl sites for hydroxylation is 1. The van der Waals surface area contributed by atoms with Crippen LogP contribution in [0, 0.1) is 18.6 Å². The van der Waals surface area contributed by atoms with Crippen molar-refractivity contribution in [3.05, 3.63) is 52.7 Å². The summed E-state index contributed by atoms with van der Waals surface area (Å²) in [6.45, 7) is 3.68. The van der Waals surface area contributed by atoms with E-state index >= 15 is 0 Å². The molecule has 0 unspecified atom stereocenters. The summed E-state index contributed by atoms with van der Waals surface area (Å²) in [4.78, 5) is 3.91. The molecule has 1 aliphatic heterocycles. The Bertz CT molecular complexity index is 638. The Morgan fingerprint density at radius 2 is 2.05 bits per heavy atom. The normalized spacial score (nSPS) is 14.3. The predicted octanol–water partition coefficient (Wildman–Crippen LogP) is 2.98. The molecule has 1 aromatic carbocycles. The van der Waals surface area contributed by atoms with E-state index < -0.39 is 11.6 Å². The van der Waals surface area contributed by atoms with Crippen LogP contribution in [0.25, 0.3) is 11.3 Å². The van der Waals surface area contributed by atoms with E-state index in [1.165, 1.54) is 11.1 Å². The summed E-state index contributed by atoms with van der Waals surface area (Å²) in [7, 11) is 0. The molecule has 0 aliphatic carbocycles. The first kappa shape index (κ1) is 12.2. The molecular weight excluding hydrogens is 246 g/mol. The third-order valence-corrected chi connectivity index (χ3v) is 3.58. The minimum atomic E-state index is -0.652. The Morgan fingerprint density at radius 1 is 1.21 bits per heavy atom. The van der Waals surface area contributed by atoms with Crippen molar-refractivity contribution in [3.63, 3.8) is 0 Å². The quantitative estimate of drug-likeness (QED) is 0.852. The third-order valence-electron chi connectivity index (χ3n) is 3.58. The molecule has 0 saturated carbocycles. The van der Waals surface area contributed by atoms with E-state index in [2.05, 4.69) is 17.2 Å². The molecule has 0 amide bonds. The fourth-order valence-corrected chi connectivity index (χ4v) is 2.62. The van der Waals surface area contributed by atoms with Gasteiger partial charge in [-0.25, -0.2) is 8.78 Å². The Morgan fingerprint density at radius 3 is 2.84 bits per heavy atom. The second-order valence-electron chi connectivity index (χ2n) is 4.80. The lowest BCUT2D eigenvalue weighted by Gasteiger charge is -2.22. The predicted molar refractivity (Wildman–Crippen MR) is 69.7 cm³/mol. The highest BCUT2D eigenvalue weighted by Crippen LogP contribution is 2.30. The van der Waals surface area contributed by atoms with Crippen molar-refractivity contribution in [2.24, 2.45) is 0 Å². The first-order chi connectivity index (χ1) is 9.16. The molecule has 0 bridgehead atoms. The average Bonchev–Trinajstić information content (AvgIpc) is 2.41. The third kappa shape index (κ3) is 2.12. The minimum absolute atomic E-state index is 0.223. The van der Waals surface area contributed by atoms with Crippen LogP contribution in [0.5, 0.6) is 0 Å². The maximum Gasteiger partial charge on any atom is 0.152 e. The van der Waals surface area contributed by atoms with Gasteiger partial charge in [-0.3, -0.25) is 4.98 Å². The highest BCUT2D eigenvalue weighted by Gasteiger charge is 2.18. The highest BCUT2D eigenvalue weighted by atomic mass is 19.1. The molecule has 4 heteroatoms. The Labute approximate surface area is 110 Å². The summed E-state index contributed by atoms with van der Waals surface area (Å²) in [5, 5.41) is 3.28. The molecule has 98 valence electrons. The van der Waals surface area contributed by atoms with Gasteiger partial charge < -0.3 is 5.32 Å². The number of halogens is 2. The zero-order valence-electron chi connectivity index (χ0n) is 10.6. The molecule has 0 fully saturated rings.